The number of ether oxygens (including phenoxy) is 1. The van der Waals surface area contributed by atoms with Crippen molar-refractivity contribution in [1.29, 1.82) is 0 Å². The minimum absolute atomic E-state index is 0.258. The molecule has 1 fully saturated rings. The van der Waals surface area contributed by atoms with Crippen LogP contribution in [-0.2, 0) is 9.53 Å². The Kier molecular flexibility index (Phi) is 3.69. The first-order valence-corrected chi connectivity index (χ1v) is 6.85. The minimum atomic E-state index is -0.595. The zero-order chi connectivity index (χ0) is 14.7. The molecule has 0 bridgehead atoms. The normalized spacial score (nSPS) is 20.9. The molecule has 0 spiro atoms. The van der Waals surface area contributed by atoms with E-state index >= 15 is 0 Å². The first-order valence-electron chi connectivity index (χ1n) is 6.85. The monoisotopic (exact) mass is 281 g/mol. The highest BCUT2D eigenvalue weighted by Crippen LogP contribution is 2.29. The molecule has 0 aliphatic carbocycles. The standard InChI is InChI=1S/C17H15NO3/c19-16(13-9-5-2-6-10-13)18-14-11-15(21-17(14)20)12-7-3-1-4-8-12/h1-10,14-15H,11H2,(H,18,19)/t14-,15+/m1/s1. The predicted molar refractivity (Wildman–Crippen MR) is 77.6 cm³/mol. The lowest BCUT2D eigenvalue weighted by atomic mass is 10.0. The van der Waals surface area contributed by atoms with E-state index in [2.05, 4.69) is 5.32 Å². The fourth-order valence-corrected chi connectivity index (χ4v) is 2.40. The van der Waals surface area contributed by atoms with Crippen LogP contribution < -0.4 is 5.32 Å². The molecule has 4 heteroatoms. The van der Waals surface area contributed by atoms with Gasteiger partial charge in [0, 0.05) is 12.0 Å². The van der Waals surface area contributed by atoms with E-state index in [9.17, 15) is 9.59 Å². The van der Waals surface area contributed by atoms with Gasteiger partial charge in [-0.1, -0.05) is 48.5 Å². The fourth-order valence-electron chi connectivity index (χ4n) is 2.40. The van der Waals surface area contributed by atoms with Crippen LogP contribution in [0.4, 0.5) is 0 Å². The molecule has 4 nitrogen and oxygen atoms in total. The van der Waals surface area contributed by atoms with Crippen LogP contribution in [-0.4, -0.2) is 17.9 Å². The Labute approximate surface area is 122 Å². The molecule has 1 amide bonds. The Morgan fingerprint density at radius 1 is 1.00 bits per heavy atom. The number of benzene rings is 2. The topological polar surface area (TPSA) is 55.4 Å². The molecule has 1 aliphatic heterocycles. The maximum absolute atomic E-state index is 12.1. The maximum atomic E-state index is 12.1. The van der Waals surface area contributed by atoms with Crippen LogP contribution >= 0.6 is 0 Å². The van der Waals surface area contributed by atoms with Crippen LogP contribution in [0, 0.1) is 0 Å². The van der Waals surface area contributed by atoms with E-state index in [1.165, 1.54) is 0 Å². The van der Waals surface area contributed by atoms with Crippen LogP contribution in [0.3, 0.4) is 0 Å². The molecular formula is C17H15NO3. The van der Waals surface area contributed by atoms with Crippen LogP contribution in [0.5, 0.6) is 0 Å². The van der Waals surface area contributed by atoms with E-state index in [0.717, 1.165) is 5.56 Å². The number of esters is 1. The smallest absolute Gasteiger partial charge is 0.329 e. The van der Waals surface area contributed by atoms with E-state index in [4.69, 9.17) is 4.74 Å². The highest BCUT2D eigenvalue weighted by molar-refractivity contribution is 5.97. The summed E-state index contributed by atoms with van der Waals surface area (Å²) in [4.78, 5) is 24.0. The van der Waals surface area contributed by atoms with Crippen molar-refractivity contribution >= 4 is 11.9 Å². The van der Waals surface area contributed by atoms with E-state index in [0.29, 0.717) is 12.0 Å². The molecule has 1 heterocycles. The van der Waals surface area contributed by atoms with Gasteiger partial charge in [0.1, 0.15) is 12.1 Å². The number of carbonyl (C=O) groups is 2. The van der Waals surface area contributed by atoms with Crippen molar-refractivity contribution in [1.82, 2.24) is 5.32 Å². The molecule has 1 N–H and O–H groups in total. The number of hydrogen-bond acceptors (Lipinski definition) is 3. The number of amides is 1. The van der Waals surface area contributed by atoms with Crippen molar-refractivity contribution in [2.75, 3.05) is 0 Å². The summed E-state index contributed by atoms with van der Waals surface area (Å²) >= 11 is 0. The third-order valence-corrected chi connectivity index (χ3v) is 3.51. The van der Waals surface area contributed by atoms with Gasteiger partial charge in [-0.3, -0.25) is 4.79 Å². The summed E-state index contributed by atoms with van der Waals surface area (Å²) in [6.45, 7) is 0. The van der Waals surface area contributed by atoms with Crippen LogP contribution in [0.1, 0.15) is 28.4 Å². The highest BCUT2D eigenvalue weighted by atomic mass is 16.6. The lowest BCUT2D eigenvalue weighted by Gasteiger charge is -2.09. The molecule has 1 aliphatic rings. The average molecular weight is 281 g/mol. The van der Waals surface area contributed by atoms with Crippen molar-refractivity contribution in [3.63, 3.8) is 0 Å². The first kappa shape index (κ1) is 13.4. The molecule has 21 heavy (non-hydrogen) atoms. The van der Waals surface area contributed by atoms with Gasteiger partial charge in [-0.2, -0.15) is 0 Å². The van der Waals surface area contributed by atoms with Gasteiger partial charge < -0.3 is 10.1 Å². The lowest BCUT2D eigenvalue weighted by molar-refractivity contribution is -0.143. The van der Waals surface area contributed by atoms with Gasteiger partial charge >= 0.3 is 5.97 Å². The molecule has 0 unspecified atom stereocenters. The maximum Gasteiger partial charge on any atom is 0.329 e. The summed E-state index contributed by atoms with van der Waals surface area (Å²) in [5.74, 6) is -0.639. The molecule has 1 saturated heterocycles. The molecule has 2 aromatic rings. The van der Waals surface area contributed by atoms with E-state index in [-0.39, 0.29) is 18.0 Å². The van der Waals surface area contributed by atoms with Gasteiger partial charge in [-0.15, -0.1) is 0 Å². The molecular weight excluding hydrogens is 266 g/mol. The lowest BCUT2D eigenvalue weighted by Crippen LogP contribution is -2.37. The molecule has 106 valence electrons. The third kappa shape index (κ3) is 2.94. The van der Waals surface area contributed by atoms with Gasteiger partial charge in [-0.05, 0) is 17.7 Å². The van der Waals surface area contributed by atoms with Crippen molar-refractivity contribution in [3.8, 4) is 0 Å². The Hall–Kier alpha value is -2.62. The zero-order valence-corrected chi connectivity index (χ0v) is 11.4. The summed E-state index contributed by atoms with van der Waals surface area (Å²) in [6, 6.07) is 17.8. The van der Waals surface area contributed by atoms with Gasteiger partial charge in [0.25, 0.3) is 5.91 Å². The molecule has 0 radical (unpaired) electrons. The summed E-state index contributed by atoms with van der Waals surface area (Å²) < 4.78 is 5.34. The van der Waals surface area contributed by atoms with E-state index in [1.807, 2.05) is 36.4 Å². The second-order valence-corrected chi connectivity index (χ2v) is 4.96. The van der Waals surface area contributed by atoms with E-state index in [1.54, 1.807) is 24.3 Å². The Balaban J connectivity index is 1.67. The molecule has 2 aromatic carbocycles. The first-order chi connectivity index (χ1) is 10.2. The number of rotatable bonds is 3. The van der Waals surface area contributed by atoms with E-state index < -0.39 is 6.04 Å². The Bertz CT molecular complexity index is 640. The average Bonchev–Trinajstić information content (AvgIpc) is 2.90. The van der Waals surface area contributed by atoms with Crippen LogP contribution in [0.2, 0.25) is 0 Å². The van der Waals surface area contributed by atoms with Crippen LogP contribution in [0.15, 0.2) is 60.7 Å². The summed E-state index contributed by atoms with van der Waals surface area (Å²) in [7, 11) is 0. The Morgan fingerprint density at radius 2 is 1.62 bits per heavy atom. The molecule has 0 saturated carbocycles. The summed E-state index contributed by atoms with van der Waals surface area (Å²) in [6.07, 6.45) is 0.168. The molecule has 2 atom stereocenters. The zero-order valence-electron chi connectivity index (χ0n) is 11.4. The van der Waals surface area contributed by atoms with Crippen LogP contribution in [0.25, 0.3) is 0 Å². The fraction of sp³-hybridized carbons (Fsp3) is 0.176. The molecule has 3 rings (SSSR count). The number of carbonyl (C=O) groups excluding carboxylic acids is 2. The number of hydrogen-bond donors (Lipinski definition) is 1. The molecule has 0 aromatic heterocycles. The SMILES string of the molecule is O=C(N[C@@H]1C[C@@H](c2ccccc2)OC1=O)c1ccccc1. The predicted octanol–water partition coefficient (Wildman–Crippen LogP) is 2.47. The second kappa shape index (κ2) is 5.79. The van der Waals surface area contributed by atoms with Crippen molar-refractivity contribution in [2.45, 2.75) is 18.6 Å². The summed E-state index contributed by atoms with van der Waals surface area (Å²) in [5, 5.41) is 2.73. The van der Waals surface area contributed by atoms with Gasteiger partial charge in [0.2, 0.25) is 0 Å². The van der Waals surface area contributed by atoms with Gasteiger partial charge in [0.15, 0.2) is 0 Å². The number of nitrogens with one attached hydrogen (secondary N) is 1. The van der Waals surface area contributed by atoms with Crippen molar-refractivity contribution in [3.05, 3.63) is 71.8 Å². The van der Waals surface area contributed by atoms with Crippen molar-refractivity contribution < 1.29 is 14.3 Å². The highest BCUT2D eigenvalue weighted by Gasteiger charge is 2.36. The third-order valence-electron chi connectivity index (χ3n) is 3.51. The largest absolute Gasteiger partial charge is 0.456 e. The second-order valence-electron chi connectivity index (χ2n) is 4.96. The quantitative estimate of drug-likeness (QED) is 0.879. The Morgan fingerprint density at radius 3 is 2.29 bits per heavy atom. The van der Waals surface area contributed by atoms with Gasteiger partial charge in [0.05, 0.1) is 0 Å². The summed E-state index contributed by atoms with van der Waals surface area (Å²) in [5.41, 5.74) is 1.48. The number of cyclic esters (lactones) is 1. The van der Waals surface area contributed by atoms with Gasteiger partial charge in [-0.25, -0.2) is 4.79 Å². The minimum Gasteiger partial charge on any atom is -0.456 e. The van der Waals surface area contributed by atoms with Crippen molar-refractivity contribution in [2.24, 2.45) is 0 Å².